The van der Waals surface area contributed by atoms with Gasteiger partial charge in [-0.15, -0.1) is 0 Å². The Hall–Kier alpha value is -3.49. The van der Waals surface area contributed by atoms with Crippen molar-refractivity contribution in [1.29, 1.82) is 0 Å². The van der Waals surface area contributed by atoms with E-state index in [0.29, 0.717) is 34.9 Å². The summed E-state index contributed by atoms with van der Waals surface area (Å²) in [5, 5.41) is 4.03. The van der Waals surface area contributed by atoms with Crippen LogP contribution in [0.25, 0.3) is 21.8 Å². The van der Waals surface area contributed by atoms with Crippen molar-refractivity contribution in [3.05, 3.63) is 88.6 Å². The molecule has 1 amide bonds. The molecule has 0 radical (unpaired) electrons. The summed E-state index contributed by atoms with van der Waals surface area (Å²) in [6.45, 7) is 4.74. The number of fused-ring (bicyclic) bond motifs is 2. The number of nitrogens with zero attached hydrogens (tertiary/aromatic N) is 2. The fourth-order valence-electron chi connectivity index (χ4n) is 4.14. The van der Waals surface area contributed by atoms with Gasteiger partial charge in [0.05, 0.1) is 15.9 Å². The number of carbonyl (C=O) groups is 1. The minimum atomic E-state index is -3.52. The molecule has 0 aliphatic rings. The first-order valence-electron chi connectivity index (χ1n) is 11.2. The van der Waals surface area contributed by atoms with Gasteiger partial charge in [-0.3, -0.25) is 9.59 Å². The van der Waals surface area contributed by atoms with E-state index in [0.717, 1.165) is 5.56 Å². The Morgan fingerprint density at radius 2 is 1.38 bits per heavy atom. The van der Waals surface area contributed by atoms with Gasteiger partial charge in [-0.25, -0.2) is 8.42 Å². The quantitative estimate of drug-likeness (QED) is 0.394. The Kier molecular flexibility index (Phi) is 6.81. The van der Waals surface area contributed by atoms with Gasteiger partial charge in [0.15, 0.2) is 5.43 Å². The minimum absolute atomic E-state index is 0.0513. The van der Waals surface area contributed by atoms with Crippen molar-refractivity contribution in [2.75, 3.05) is 13.1 Å². The number of nitrogens with one attached hydrogen (secondary N) is 1. The minimum Gasteiger partial charge on any atom is -0.350 e. The first kappa shape index (κ1) is 23.7. The second kappa shape index (κ2) is 9.79. The number of aromatic nitrogens is 1. The molecule has 1 N–H and O–H groups in total. The lowest BCUT2D eigenvalue weighted by molar-refractivity contribution is -0.121. The number of hydrogen-bond acceptors (Lipinski definition) is 4. The molecule has 176 valence electrons. The number of rotatable bonds is 8. The maximum Gasteiger partial charge on any atom is 0.243 e. The number of hydrogen-bond donors (Lipinski definition) is 1. The van der Waals surface area contributed by atoms with Crippen molar-refractivity contribution < 1.29 is 13.2 Å². The standard InChI is InChI=1S/C26H27N3O4S/c1-3-28(4-2)34(32,33)20-15-13-19(14-16-20)17-27-25(30)18-29-23-11-7-5-9-21(23)26(31)22-10-6-8-12-24(22)29/h5-16H,3-4,17-18H2,1-2H3,(H,27,30). The average Bonchev–Trinajstić information content (AvgIpc) is 2.86. The monoisotopic (exact) mass is 477 g/mol. The van der Waals surface area contributed by atoms with Gasteiger partial charge in [-0.2, -0.15) is 4.31 Å². The highest BCUT2D eigenvalue weighted by molar-refractivity contribution is 7.89. The highest BCUT2D eigenvalue weighted by Crippen LogP contribution is 2.19. The molecule has 0 saturated heterocycles. The first-order chi connectivity index (χ1) is 16.4. The molecule has 0 aliphatic carbocycles. The van der Waals surface area contributed by atoms with Gasteiger partial charge >= 0.3 is 0 Å². The molecule has 0 atom stereocenters. The third-order valence-corrected chi connectivity index (χ3v) is 8.00. The predicted molar refractivity (Wildman–Crippen MR) is 134 cm³/mol. The first-order valence-corrected chi connectivity index (χ1v) is 12.7. The van der Waals surface area contributed by atoms with Crippen LogP contribution in [0.3, 0.4) is 0 Å². The lowest BCUT2D eigenvalue weighted by Gasteiger charge is -2.18. The van der Waals surface area contributed by atoms with Crippen LogP contribution < -0.4 is 10.7 Å². The molecule has 8 heteroatoms. The van der Waals surface area contributed by atoms with Gasteiger partial charge in [0, 0.05) is 30.4 Å². The van der Waals surface area contributed by atoms with Crippen LogP contribution in [0.15, 0.2) is 82.5 Å². The molecule has 1 heterocycles. The summed E-state index contributed by atoms with van der Waals surface area (Å²) in [6.07, 6.45) is 0. The van der Waals surface area contributed by atoms with Crippen molar-refractivity contribution >= 4 is 37.7 Å². The van der Waals surface area contributed by atoms with Crippen LogP contribution in [-0.2, 0) is 27.9 Å². The second-order valence-corrected chi connectivity index (χ2v) is 9.90. The van der Waals surface area contributed by atoms with Gasteiger partial charge < -0.3 is 9.88 Å². The molecule has 0 aliphatic heterocycles. The van der Waals surface area contributed by atoms with E-state index in [1.54, 1.807) is 50.2 Å². The Balaban J connectivity index is 1.53. The van der Waals surface area contributed by atoms with Crippen LogP contribution in [0.1, 0.15) is 19.4 Å². The molecule has 7 nitrogen and oxygen atoms in total. The Labute approximate surface area is 198 Å². The molecule has 34 heavy (non-hydrogen) atoms. The van der Waals surface area contributed by atoms with E-state index in [-0.39, 0.29) is 29.3 Å². The molecule has 0 bridgehead atoms. The Morgan fingerprint density at radius 1 is 0.853 bits per heavy atom. The summed E-state index contributed by atoms with van der Waals surface area (Å²) in [5.41, 5.74) is 2.14. The third-order valence-electron chi connectivity index (χ3n) is 5.94. The van der Waals surface area contributed by atoms with Crippen molar-refractivity contribution in [1.82, 2.24) is 14.2 Å². The maximum absolute atomic E-state index is 12.9. The Bertz CT molecular complexity index is 1450. The SMILES string of the molecule is CCN(CC)S(=O)(=O)c1ccc(CNC(=O)Cn2c3ccccc3c(=O)c3ccccc32)cc1. The van der Waals surface area contributed by atoms with Crippen molar-refractivity contribution in [2.24, 2.45) is 0 Å². The van der Waals surface area contributed by atoms with Crippen LogP contribution >= 0.6 is 0 Å². The fraction of sp³-hybridized carbons (Fsp3) is 0.231. The average molecular weight is 478 g/mol. The van der Waals surface area contributed by atoms with Gasteiger partial charge in [0.1, 0.15) is 6.54 Å². The predicted octanol–water partition coefficient (Wildman–Crippen LogP) is 3.50. The maximum atomic E-state index is 12.9. The number of amides is 1. The zero-order valence-electron chi connectivity index (χ0n) is 19.2. The van der Waals surface area contributed by atoms with Crippen molar-refractivity contribution in [2.45, 2.75) is 31.8 Å². The van der Waals surface area contributed by atoms with Crippen LogP contribution in [0.2, 0.25) is 0 Å². The van der Waals surface area contributed by atoms with E-state index in [9.17, 15) is 18.0 Å². The highest BCUT2D eigenvalue weighted by Gasteiger charge is 2.21. The summed E-state index contributed by atoms with van der Waals surface area (Å²) in [4.78, 5) is 25.9. The summed E-state index contributed by atoms with van der Waals surface area (Å²) in [5.74, 6) is -0.209. The lowest BCUT2D eigenvalue weighted by atomic mass is 10.1. The van der Waals surface area contributed by atoms with E-state index in [1.807, 2.05) is 41.0 Å². The number of pyridine rings is 1. The van der Waals surface area contributed by atoms with E-state index >= 15 is 0 Å². The van der Waals surface area contributed by atoms with Crippen LogP contribution in [0, 0.1) is 0 Å². The van der Waals surface area contributed by atoms with Crippen LogP contribution in [-0.4, -0.2) is 36.3 Å². The molecular weight excluding hydrogens is 450 g/mol. The largest absolute Gasteiger partial charge is 0.350 e. The number of sulfonamides is 1. The molecule has 0 saturated carbocycles. The van der Waals surface area contributed by atoms with E-state index < -0.39 is 10.0 Å². The number of benzene rings is 3. The number of carbonyl (C=O) groups excluding carboxylic acids is 1. The molecule has 0 fully saturated rings. The molecule has 1 aromatic heterocycles. The number of para-hydroxylation sites is 2. The van der Waals surface area contributed by atoms with Crippen molar-refractivity contribution in [3.63, 3.8) is 0 Å². The van der Waals surface area contributed by atoms with Gasteiger partial charge in [0.2, 0.25) is 15.9 Å². The topological polar surface area (TPSA) is 88.5 Å². The zero-order valence-corrected chi connectivity index (χ0v) is 20.0. The summed E-state index contributed by atoms with van der Waals surface area (Å²) < 4.78 is 28.5. The van der Waals surface area contributed by atoms with E-state index in [4.69, 9.17) is 0 Å². The molecule has 3 aromatic carbocycles. The van der Waals surface area contributed by atoms with E-state index in [1.165, 1.54) is 4.31 Å². The second-order valence-electron chi connectivity index (χ2n) is 7.96. The van der Waals surface area contributed by atoms with Gasteiger partial charge in [-0.05, 0) is 42.0 Å². The Morgan fingerprint density at radius 3 is 1.91 bits per heavy atom. The smallest absolute Gasteiger partial charge is 0.243 e. The summed E-state index contributed by atoms with van der Waals surface area (Å²) in [7, 11) is -3.52. The molecular formula is C26H27N3O4S. The van der Waals surface area contributed by atoms with Gasteiger partial charge in [0.25, 0.3) is 0 Å². The van der Waals surface area contributed by atoms with Crippen LogP contribution in [0.5, 0.6) is 0 Å². The summed E-state index contributed by atoms with van der Waals surface area (Å²) in [6, 6.07) is 21.1. The van der Waals surface area contributed by atoms with Crippen LogP contribution in [0.4, 0.5) is 0 Å². The fourth-order valence-corrected chi connectivity index (χ4v) is 5.60. The van der Waals surface area contributed by atoms with Gasteiger partial charge in [-0.1, -0.05) is 50.2 Å². The zero-order chi connectivity index (χ0) is 24.3. The third kappa shape index (κ3) is 4.47. The molecule has 4 aromatic rings. The van der Waals surface area contributed by atoms with E-state index in [2.05, 4.69) is 5.32 Å². The highest BCUT2D eigenvalue weighted by atomic mass is 32.2. The summed E-state index contributed by atoms with van der Waals surface area (Å²) >= 11 is 0. The molecule has 0 unspecified atom stereocenters. The lowest BCUT2D eigenvalue weighted by Crippen LogP contribution is -2.30. The molecule has 0 spiro atoms. The van der Waals surface area contributed by atoms with Crippen molar-refractivity contribution in [3.8, 4) is 0 Å². The normalized spacial score (nSPS) is 11.9. The molecule has 4 rings (SSSR count).